The van der Waals surface area contributed by atoms with Crippen LogP contribution in [-0.4, -0.2) is 28.2 Å². The molecule has 2 aliphatic carbocycles. The van der Waals surface area contributed by atoms with Crippen LogP contribution in [0.5, 0.6) is 0 Å². The second-order valence-electron chi connectivity index (χ2n) is 9.59. The fourth-order valence-electron chi connectivity index (χ4n) is 5.06. The maximum absolute atomic E-state index is 12.6. The van der Waals surface area contributed by atoms with Crippen LogP contribution in [0, 0.1) is 30.1 Å². The number of allylic oxidation sites excluding steroid dienone is 4. The van der Waals surface area contributed by atoms with E-state index in [1.165, 1.54) is 27.2 Å². The van der Waals surface area contributed by atoms with Crippen molar-refractivity contribution in [1.29, 1.82) is 0 Å². The summed E-state index contributed by atoms with van der Waals surface area (Å²) in [5.74, 6) is 0.127. The van der Waals surface area contributed by atoms with E-state index in [1.54, 1.807) is 0 Å². The van der Waals surface area contributed by atoms with Gasteiger partial charge in [-0.25, -0.2) is 0 Å². The molecule has 0 spiro atoms. The lowest BCUT2D eigenvalue weighted by Gasteiger charge is -2.21. The number of amides is 2. The van der Waals surface area contributed by atoms with E-state index in [4.69, 9.17) is 0 Å². The van der Waals surface area contributed by atoms with Crippen LogP contribution in [0.15, 0.2) is 35.1 Å². The van der Waals surface area contributed by atoms with E-state index in [9.17, 15) is 9.59 Å². The van der Waals surface area contributed by atoms with E-state index in [0.717, 1.165) is 16.8 Å². The molecule has 2 heterocycles. The van der Waals surface area contributed by atoms with Crippen LogP contribution in [0.1, 0.15) is 58.4 Å². The maximum atomic E-state index is 12.6. The molecule has 1 aromatic heterocycles. The molecule has 0 aromatic carbocycles. The third-order valence-corrected chi connectivity index (χ3v) is 7.35. The van der Waals surface area contributed by atoms with E-state index in [1.807, 2.05) is 33.0 Å². The van der Waals surface area contributed by atoms with Crippen molar-refractivity contribution in [1.82, 2.24) is 9.88 Å². The first-order chi connectivity index (χ1) is 13.6. The minimum absolute atomic E-state index is 0.0156. The van der Waals surface area contributed by atoms with Crippen molar-refractivity contribution >= 4 is 23.5 Å². The van der Waals surface area contributed by atoms with Crippen molar-refractivity contribution in [2.24, 2.45) is 23.2 Å². The van der Waals surface area contributed by atoms with Gasteiger partial charge in [-0.1, -0.05) is 43.6 Å². The van der Waals surface area contributed by atoms with Crippen molar-refractivity contribution in [3.63, 3.8) is 0 Å². The summed E-state index contributed by atoms with van der Waals surface area (Å²) in [7, 11) is 0. The minimum Gasteiger partial charge on any atom is -0.278 e. The van der Waals surface area contributed by atoms with Crippen molar-refractivity contribution < 1.29 is 9.59 Å². The highest BCUT2D eigenvalue weighted by atomic mass is 16.2. The zero-order chi connectivity index (χ0) is 21.2. The summed E-state index contributed by atoms with van der Waals surface area (Å²) in [4.78, 5) is 31.2. The summed E-state index contributed by atoms with van der Waals surface area (Å²) in [6, 6.07) is 2.08. The van der Waals surface area contributed by atoms with Gasteiger partial charge in [0.25, 0.3) is 0 Å². The molecule has 2 fully saturated rings. The van der Waals surface area contributed by atoms with Crippen LogP contribution in [0.2, 0.25) is 0 Å². The zero-order valence-electron chi connectivity index (χ0n) is 18.5. The average Bonchev–Trinajstić information content (AvgIpc) is 3.02. The molecule has 1 saturated carbocycles. The number of fused-ring (bicyclic) bond motifs is 1. The normalized spacial score (nSPS) is 28.2. The Morgan fingerprint density at radius 2 is 1.79 bits per heavy atom. The van der Waals surface area contributed by atoms with Crippen LogP contribution in [0.25, 0.3) is 11.6 Å². The molecule has 4 nitrogen and oxygen atoms in total. The lowest BCUT2D eigenvalue weighted by atomic mass is 9.90. The van der Waals surface area contributed by atoms with E-state index in [0.29, 0.717) is 12.5 Å². The van der Waals surface area contributed by atoms with E-state index >= 15 is 0 Å². The Morgan fingerprint density at radius 3 is 2.34 bits per heavy atom. The van der Waals surface area contributed by atoms with Gasteiger partial charge in [0, 0.05) is 18.7 Å². The van der Waals surface area contributed by atoms with Crippen LogP contribution >= 0.6 is 0 Å². The molecule has 3 aliphatic rings. The van der Waals surface area contributed by atoms with Gasteiger partial charge >= 0.3 is 0 Å². The molecule has 3 unspecified atom stereocenters. The predicted octanol–water partition coefficient (Wildman–Crippen LogP) is 4.80. The summed E-state index contributed by atoms with van der Waals surface area (Å²) in [6.07, 6.45) is 6.14. The van der Waals surface area contributed by atoms with Crippen LogP contribution in [-0.2, 0) is 9.59 Å². The molecule has 4 rings (SSSR count). The van der Waals surface area contributed by atoms with E-state index in [2.05, 4.69) is 44.8 Å². The van der Waals surface area contributed by atoms with Crippen molar-refractivity contribution in [2.75, 3.05) is 6.54 Å². The van der Waals surface area contributed by atoms with Crippen LogP contribution < -0.4 is 0 Å². The Balaban J connectivity index is 1.56. The zero-order valence-corrected chi connectivity index (χ0v) is 18.5. The molecule has 152 valence electrons. The summed E-state index contributed by atoms with van der Waals surface area (Å²) in [6.45, 7) is 15.0. The molecule has 0 bridgehead atoms. The minimum atomic E-state index is -0.162. The Morgan fingerprint density at radius 1 is 1.17 bits per heavy atom. The quantitative estimate of drug-likeness (QED) is 0.694. The molecule has 0 radical (unpaired) electrons. The van der Waals surface area contributed by atoms with Gasteiger partial charge in [0.15, 0.2) is 0 Å². The molecule has 29 heavy (non-hydrogen) atoms. The number of nitrogens with zero attached hydrogens (tertiary/aromatic N) is 2. The Labute approximate surface area is 173 Å². The summed E-state index contributed by atoms with van der Waals surface area (Å²) in [5.41, 5.74) is 8.15. The largest absolute Gasteiger partial charge is 0.278 e. The number of hydrogen-bond acceptors (Lipinski definition) is 3. The van der Waals surface area contributed by atoms with Gasteiger partial charge < -0.3 is 0 Å². The number of hydrogen-bond donors (Lipinski definition) is 0. The third-order valence-electron chi connectivity index (χ3n) is 7.35. The highest BCUT2D eigenvalue weighted by Gasteiger charge is 2.72. The Bertz CT molecular complexity index is 1000. The Hall–Kier alpha value is -2.49. The lowest BCUT2D eigenvalue weighted by molar-refractivity contribution is -0.142. The van der Waals surface area contributed by atoms with Crippen LogP contribution in [0.3, 0.4) is 0 Å². The standard InChI is InChI=1S/C25H30N2O2/c1-13(12-27-23(28)21-22(24(27)29)25(21,6)7)10-20-17(5)18(8-9-26-20)19-11-14(2)15(3)16(19)4/h8-11,16,21-22H,12H2,1-7H3/b13-10+. The number of aromatic nitrogens is 1. The van der Waals surface area contributed by atoms with Crippen LogP contribution in [0.4, 0.5) is 0 Å². The van der Waals surface area contributed by atoms with Gasteiger partial charge in [-0.2, -0.15) is 0 Å². The summed E-state index contributed by atoms with van der Waals surface area (Å²) in [5, 5.41) is 0. The van der Waals surface area contributed by atoms with Crippen molar-refractivity contribution in [3.8, 4) is 0 Å². The molecular formula is C25H30N2O2. The van der Waals surface area contributed by atoms with Gasteiger partial charge in [0.05, 0.1) is 17.5 Å². The highest BCUT2D eigenvalue weighted by Crippen LogP contribution is 2.63. The molecule has 2 amide bonds. The summed E-state index contributed by atoms with van der Waals surface area (Å²) < 4.78 is 0. The number of carbonyl (C=O) groups is 2. The topological polar surface area (TPSA) is 50.3 Å². The monoisotopic (exact) mass is 390 g/mol. The SMILES string of the molecule is CC1=C(C)C(C)C(c2ccnc(/C=C(\C)CN3C(=O)C4C(C3=O)C4(C)C)c2C)=C1. The van der Waals surface area contributed by atoms with Gasteiger partial charge in [0.1, 0.15) is 0 Å². The fraction of sp³-hybridized carbons (Fsp3) is 0.480. The first-order valence-corrected chi connectivity index (χ1v) is 10.4. The van der Waals surface area contributed by atoms with Gasteiger partial charge in [-0.3, -0.25) is 19.5 Å². The van der Waals surface area contributed by atoms with E-state index in [-0.39, 0.29) is 29.1 Å². The highest BCUT2D eigenvalue weighted by molar-refractivity contribution is 6.10. The Kier molecular flexibility index (Phi) is 4.45. The smallest absolute Gasteiger partial charge is 0.233 e. The molecule has 1 aliphatic heterocycles. The number of likely N-dealkylation sites (tertiary alicyclic amines) is 1. The van der Waals surface area contributed by atoms with Gasteiger partial charge in [0.2, 0.25) is 11.8 Å². The van der Waals surface area contributed by atoms with Crippen molar-refractivity contribution in [2.45, 2.75) is 48.5 Å². The average molecular weight is 391 g/mol. The second kappa shape index (κ2) is 6.51. The first-order valence-electron chi connectivity index (χ1n) is 10.4. The number of imide groups is 1. The first kappa shape index (κ1) is 19.8. The molecular weight excluding hydrogens is 360 g/mol. The number of rotatable bonds is 4. The lowest BCUT2D eigenvalue weighted by Crippen LogP contribution is -2.37. The molecule has 4 heteroatoms. The van der Waals surface area contributed by atoms with Gasteiger partial charge in [-0.05, 0) is 62.0 Å². The third kappa shape index (κ3) is 2.92. The van der Waals surface area contributed by atoms with Crippen molar-refractivity contribution in [3.05, 3.63) is 51.9 Å². The predicted molar refractivity (Wildman–Crippen MR) is 116 cm³/mol. The number of piperidine rings is 1. The molecule has 1 aromatic rings. The second-order valence-corrected chi connectivity index (χ2v) is 9.59. The molecule has 1 saturated heterocycles. The van der Waals surface area contributed by atoms with E-state index < -0.39 is 0 Å². The van der Waals surface area contributed by atoms with Gasteiger partial charge in [-0.15, -0.1) is 0 Å². The number of carbonyl (C=O) groups excluding carboxylic acids is 2. The fourth-order valence-corrected chi connectivity index (χ4v) is 5.06. The maximum Gasteiger partial charge on any atom is 0.233 e. The number of pyridine rings is 1. The molecule has 0 N–H and O–H groups in total. The molecule has 3 atom stereocenters. The summed E-state index contributed by atoms with van der Waals surface area (Å²) >= 11 is 0.